The molecule has 6 nitrogen and oxygen atoms in total. The molecule has 0 aliphatic carbocycles. The Hall–Kier alpha value is -1.73. The molecule has 0 aromatic carbocycles. The van der Waals surface area contributed by atoms with Crippen LogP contribution in [0.1, 0.15) is 296 Å². The Morgan fingerprint density at radius 3 is 0.955 bits per heavy atom. The van der Waals surface area contributed by atoms with Gasteiger partial charge in [0.2, 0.25) is 5.91 Å². The second kappa shape index (κ2) is 54.2. The molecule has 6 heteroatoms. The van der Waals surface area contributed by atoms with Gasteiger partial charge < -0.3 is 25.7 Å². The molecule has 0 spiro atoms. The Balaban J connectivity index is 3.72. The summed E-state index contributed by atoms with van der Waals surface area (Å²) < 4.78 is 0. The first-order valence-corrected chi connectivity index (χ1v) is 29.0. The molecule has 0 aromatic heterocycles. The quantitative estimate of drug-likeness (QED) is 0.0308. The average molecular weight is 929 g/mol. The number of nitrogens with one attached hydrogen (secondary N) is 1. The third kappa shape index (κ3) is 47.3. The van der Waals surface area contributed by atoms with E-state index in [9.17, 15) is 25.2 Å². The van der Waals surface area contributed by atoms with Gasteiger partial charge in [0.25, 0.3) is 0 Å². The van der Waals surface area contributed by atoms with Crippen LogP contribution in [-0.4, -0.2) is 57.3 Å². The van der Waals surface area contributed by atoms with Crippen molar-refractivity contribution in [3.8, 4) is 0 Å². The van der Waals surface area contributed by atoms with Crippen LogP contribution in [0.3, 0.4) is 0 Å². The molecule has 66 heavy (non-hydrogen) atoms. The van der Waals surface area contributed by atoms with Crippen molar-refractivity contribution in [2.45, 2.75) is 321 Å². The molecule has 0 aromatic rings. The SMILES string of the molecule is CCCCCCCCCCCCCC/C=C\CCCCCCCCC(O)C(=O)NC(CO)C(O)C(O)CCC/C=C/CC/C=C/CC/C=C/CCCCCCCCCCCCCCCCC. The van der Waals surface area contributed by atoms with Gasteiger partial charge in [-0.15, -0.1) is 0 Å². The van der Waals surface area contributed by atoms with Crippen LogP contribution in [0.4, 0.5) is 0 Å². The number of amides is 1. The highest BCUT2D eigenvalue weighted by atomic mass is 16.3. The molecule has 0 heterocycles. The van der Waals surface area contributed by atoms with Crippen LogP contribution in [0.5, 0.6) is 0 Å². The third-order valence-electron chi connectivity index (χ3n) is 13.5. The van der Waals surface area contributed by atoms with E-state index in [0.29, 0.717) is 19.3 Å². The van der Waals surface area contributed by atoms with Gasteiger partial charge in [0, 0.05) is 0 Å². The minimum atomic E-state index is -1.30. The van der Waals surface area contributed by atoms with Crippen molar-refractivity contribution in [1.29, 1.82) is 0 Å². The number of hydrogen-bond acceptors (Lipinski definition) is 5. The fourth-order valence-electron chi connectivity index (χ4n) is 8.90. The fraction of sp³-hybridized carbons (Fsp3) is 0.850. The Bertz CT molecular complexity index is 1090. The second-order valence-electron chi connectivity index (χ2n) is 20.0. The van der Waals surface area contributed by atoms with Gasteiger partial charge in [0.15, 0.2) is 0 Å². The zero-order chi connectivity index (χ0) is 48.1. The van der Waals surface area contributed by atoms with Crippen LogP contribution in [0.25, 0.3) is 0 Å². The van der Waals surface area contributed by atoms with Crippen LogP contribution >= 0.6 is 0 Å². The van der Waals surface area contributed by atoms with Crippen molar-refractivity contribution in [3.05, 3.63) is 48.6 Å². The first kappa shape index (κ1) is 64.3. The van der Waals surface area contributed by atoms with Gasteiger partial charge in [0.1, 0.15) is 12.2 Å². The molecule has 4 atom stereocenters. The standard InChI is InChI=1S/C60H113NO5/c1-3-5-7-9-11-13-15-17-19-21-23-25-27-28-29-30-31-32-34-35-37-39-41-43-45-47-49-51-53-57(63)59(65)56(55-62)61-60(66)58(64)54-52-50-48-46-44-42-40-38-36-33-26-24-22-20-18-16-14-12-10-8-6-4-2/h31-32,36-39,45,47,56-59,62-65H,3-30,33-35,40-44,46,48-55H2,1-2H3,(H,61,66)/b32-31+,38-36-,39-37+,47-45+. The molecule has 0 rings (SSSR count). The molecule has 0 aliphatic heterocycles. The first-order chi connectivity index (χ1) is 32.5. The molecule has 388 valence electrons. The van der Waals surface area contributed by atoms with E-state index in [-0.39, 0.29) is 0 Å². The van der Waals surface area contributed by atoms with E-state index >= 15 is 0 Å². The van der Waals surface area contributed by atoms with Crippen molar-refractivity contribution >= 4 is 5.91 Å². The number of rotatable bonds is 53. The summed E-state index contributed by atoms with van der Waals surface area (Å²) in [4.78, 5) is 12.6. The number of carbonyl (C=O) groups is 1. The van der Waals surface area contributed by atoms with E-state index in [4.69, 9.17) is 0 Å². The summed E-state index contributed by atoms with van der Waals surface area (Å²) in [5, 5.41) is 44.0. The number of aliphatic hydroxyl groups is 4. The summed E-state index contributed by atoms with van der Waals surface area (Å²) in [6.45, 7) is 4.07. The highest BCUT2D eigenvalue weighted by molar-refractivity contribution is 5.80. The van der Waals surface area contributed by atoms with Gasteiger partial charge in [-0.25, -0.2) is 0 Å². The Morgan fingerprint density at radius 1 is 0.364 bits per heavy atom. The molecule has 0 aliphatic rings. The summed E-state index contributed by atoms with van der Waals surface area (Å²) >= 11 is 0. The summed E-state index contributed by atoms with van der Waals surface area (Å²) in [7, 11) is 0. The van der Waals surface area contributed by atoms with Crippen molar-refractivity contribution < 1.29 is 25.2 Å². The van der Waals surface area contributed by atoms with Crippen molar-refractivity contribution in [3.63, 3.8) is 0 Å². The fourth-order valence-corrected chi connectivity index (χ4v) is 8.90. The maximum atomic E-state index is 12.6. The van der Waals surface area contributed by atoms with Crippen LogP contribution in [0.15, 0.2) is 48.6 Å². The summed E-state index contributed by atoms with van der Waals surface area (Å²) in [6, 6.07) is -1.02. The molecule has 5 N–H and O–H groups in total. The lowest BCUT2D eigenvalue weighted by Crippen LogP contribution is -2.53. The number of allylic oxidation sites excluding steroid dienone is 8. The highest BCUT2D eigenvalue weighted by Crippen LogP contribution is 2.17. The molecular weight excluding hydrogens is 815 g/mol. The Morgan fingerprint density at radius 2 is 0.636 bits per heavy atom. The molecule has 0 fully saturated rings. The number of carbonyl (C=O) groups excluding carboxylic acids is 1. The zero-order valence-corrected chi connectivity index (χ0v) is 43.9. The van der Waals surface area contributed by atoms with Gasteiger partial charge in [-0.2, -0.15) is 0 Å². The number of unbranched alkanes of at least 4 members (excludes halogenated alkanes) is 36. The lowest BCUT2D eigenvalue weighted by atomic mass is 10.00. The zero-order valence-electron chi connectivity index (χ0n) is 43.9. The Labute approximate surface area is 410 Å². The van der Waals surface area contributed by atoms with Crippen LogP contribution in [0, 0.1) is 0 Å². The maximum absolute atomic E-state index is 12.6. The lowest BCUT2D eigenvalue weighted by Gasteiger charge is -2.27. The van der Waals surface area contributed by atoms with Crippen LogP contribution < -0.4 is 5.32 Å². The second-order valence-corrected chi connectivity index (χ2v) is 20.0. The van der Waals surface area contributed by atoms with E-state index < -0.39 is 36.9 Å². The van der Waals surface area contributed by atoms with Gasteiger partial charge >= 0.3 is 0 Å². The first-order valence-electron chi connectivity index (χ1n) is 29.0. The molecule has 0 saturated carbocycles. The van der Waals surface area contributed by atoms with Gasteiger partial charge in [-0.3, -0.25) is 4.79 Å². The highest BCUT2D eigenvalue weighted by Gasteiger charge is 2.28. The normalized spacial score (nSPS) is 14.1. The van der Waals surface area contributed by atoms with E-state index in [2.05, 4.69) is 67.8 Å². The van der Waals surface area contributed by atoms with Crippen molar-refractivity contribution in [2.24, 2.45) is 0 Å². The predicted octanol–water partition coefficient (Wildman–Crippen LogP) is 17.0. The van der Waals surface area contributed by atoms with Crippen molar-refractivity contribution in [2.75, 3.05) is 6.61 Å². The largest absolute Gasteiger partial charge is 0.394 e. The molecule has 1 amide bonds. The molecule has 0 saturated heterocycles. The van der Waals surface area contributed by atoms with Crippen molar-refractivity contribution in [1.82, 2.24) is 5.32 Å². The lowest BCUT2D eigenvalue weighted by molar-refractivity contribution is -0.132. The molecule has 0 radical (unpaired) electrons. The Kier molecular flexibility index (Phi) is 52.8. The van der Waals surface area contributed by atoms with E-state index in [0.717, 1.165) is 64.2 Å². The minimum Gasteiger partial charge on any atom is -0.394 e. The summed E-state index contributed by atoms with van der Waals surface area (Å²) in [5.41, 5.74) is 0. The van der Waals surface area contributed by atoms with E-state index in [1.54, 1.807) is 0 Å². The van der Waals surface area contributed by atoms with E-state index in [1.165, 1.54) is 199 Å². The van der Waals surface area contributed by atoms with Crippen LogP contribution in [-0.2, 0) is 4.79 Å². The predicted molar refractivity (Wildman–Crippen MR) is 288 cm³/mol. The van der Waals surface area contributed by atoms with E-state index in [1.807, 2.05) is 0 Å². The van der Waals surface area contributed by atoms with Gasteiger partial charge in [0.05, 0.1) is 18.8 Å². The average Bonchev–Trinajstić information content (AvgIpc) is 3.32. The van der Waals surface area contributed by atoms with Gasteiger partial charge in [-0.05, 0) is 89.9 Å². The summed E-state index contributed by atoms with van der Waals surface area (Å²) in [5.74, 6) is -0.602. The molecule has 0 bridgehead atoms. The topological polar surface area (TPSA) is 110 Å². The van der Waals surface area contributed by atoms with Gasteiger partial charge in [-0.1, -0.05) is 255 Å². The minimum absolute atomic E-state index is 0.351. The molecular formula is C60H113NO5. The monoisotopic (exact) mass is 928 g/mol. The third-order valence-corrected chi connectivity index (χ3v) is 13.5. The summed E-state index contributed by atoms with van der Waals surface area (Å²) in [6.07, 6.45) is 69.0. The number of aliphatic hydroxyl groups excluding tert-OH is 4. The smallest absolute Gasteiger partial charge is 0.249 e. The van der Waals surface area contributed by atoms with Crippen LogP contribution in [0.2, 0.25) is 0 Å². The maximum Gasteiger partial charge on any atom is 0.249 e. The molecule has 4 unspecified atom stereocenters. The number of hydrogen-bond donors (Lipinski definition) is 5.